The predicted molar refractivity (Wildman–Crippen MR) is 155 cm³/mol. The summed E-state index contributed by atoms with van der Waals surface area (Å²) < 4.78 is 33.1. The number of carbonyl (C=O) groups excluding carboxylic acids is 3. The number of aryl methyl sites for hydroxylation is 1. The number of sulfonamides is 1. The standard InChI is InChI=1S/C27H26N8O8S/c1-43-20-8-6-19(7-9-20)27(38)31-25-24-26(29-16-28-25)33(17-30-24)14-22(36)32-11-12-34(23(37)15-32)44(41,42)13-10-18-4-2-3-5-21(18)35(39)40/h2-9,16-17H,10-15H2,1H3,(H,28,29,31,38). The minimum Gasteiger partial charge on any atom is -0.497 e. The second kappa shape index (κ2) is 12.4. The number of hydrogen-bond donors (Lipinski definition) is 1. The number of benzene rings is 2. The van der Waals surface area contributed by atoms with Crippen molar-refractivity contribution in [3.8, 4) is 5.75 Å². The van der Waals surface area contributed by atoms with E-state index >= 15 is 0 Å². The van der Waals surface area contributed by atoms with Gasteiger partial charge in [-0.1, -0.05) is 18.2 Å². The van der Waals surface area contributed by atoms with E-state index in [1.165, 1.54) is 47.4 Å². The molecule has 0 saturated carbocycles. The van der Waals surface area contributed by atoms with Gasteiger partial charge in [-0.15, -0.1) is 0 Å². The summed E-state index contributed by atoms with van der Waals surface area (Å²) in [6, 6.07) is 12.3. The summed E-state index contributed by atoms with van der Waals surface area (Å²) in [5.41, 5.74) is 0.906. The van der Waals surface area contributed by atoms with Gasteiger partial charge >= 0.3 is 0 Å². The largest absolute Gasteiger partial charge is 0.497 e. The molecule has 1 N–H and O–H groups in total. The Balaban J connectivity index is 1.21. The lowest BCUT2D eigenvalue weighted by atomic mass is 10.1. The number of nitro groups is 1. The average molecular weight is 623 g/mol. The number of nitrogens with one attached hydrogen (secondary N) is 1. The SMILES string of the molecule is COc1ccc(C(=O)Nc2ncnc3c2ncn3CC(=O)N2CCN(S(=O)(=O)CCc3ccccc3[N+](=O)[O-])C(=O)C2)cc1. The summed E-state index contributed by atoms with van der Waals surface area (Å²) in [7, 11) is -2.57. The lowest BCUT2D eigenvalue weighted by molar-refractivity contribution is -0.385. The second-order valence-corrected chi connectivity index (χ2v) is 11.7. The van der Waals surface area contributed by atoms with Crippen molar-refractivity contribution in [3.05, 3.63) is 82.4 Å². The number of para-hydroxylation sites is 1. The highest BCUT2D eigenvalue weighted by molar-refractivity contribution is 7.89. The Labute approximate surface area is 250 Å². The van der Waals surface area contributed by atoms with Gasteiger partial charge in [0, 0.05) is 23.7 Å². The van der Waals surface area contributed by atoms with Crippen molar-refractivity contribution < 1.29 is 32.5 Å². The summed E-state index contributed by atoms with van der Waals surface area (Å²) in [6.45, 7) is -1.01. The Hall–Kier alpha value is -5.45. The van der Waals surface area contributed by atoms with Crippen LogP contribution in [0.5, 0.6) is 5.75 Å². The number of nitro benzene ring substituents is 1. The van der Waals surface area contributed by atoms with Crippen LogP contribution in [0.3, 0.4) is 0 Å². The number of nitrogens with zero attached hydrogens (tertiary/aromatic N) is 7. The quantitative estimate of drug-likeness (QED) is 0.197. The van der Waals surface area contributed by atoms with Gasteiger partial charge in [-0.3, -0.25) is 24.5 Å². The van der Waals surface area contributed by atoms with Crippen molar-refractivity contribution in [3.63, 3.8) is 0 Å². The average Bonchev–Trinajstić information content (AvgIpc) is 3.43. The lowest BCUT2D eigenvalue weighted by Gasteiger charge is -2.33. The molecular weight excluding hydrogens is 596 g/mol. The Morgan fingerprint density at radius 1 is 1.07 bits per heavy atom. The van der Waals surface area contributed by atoms with Crippen molar-refractivity contribution in [2.75, 3.05) is 37.8 Å². The van der Waals surface area contributed by atoms with Gasteiger partial charge < -0.3 is 19.5 Å². The van der Waals surface area contributed by atoms with Crippen molar-refractivity contribution in [2.45, 2.75) is 13.0 Å². The highest BCUT2D eigenvalue weighted by Gasteiger charge is 2.35. The normalized spacial score (nSPS) is 13.6. The molecule has 0 aliphatic carbocycles. The van der Waals surface area contributed by atoms with Gasteiger partial charge in [-0.25, -0.2) is 27.7 Å². The number of amides is 3. The van der Waals surface area contributed by atoms with Crippen LogP contribution in [-0.2, 0) is 32.6 Å². The number of ether oxygens (including phenoxy) is 1. The van der Waals surface area contributed by atoms with Crippen molar-refractivity contribution in [2.24, 2.45) is 0 Å². The maximum Gasteiger partial charge on any atom is 0.272 e. The van der Waals surface area contributed by atoms with E-state index in [0.29, 0.717) is 15.6 Å². The van der Waals surface area contributed by atoms with Crippen molar-refractivity contribution >= 4 is 50.4 Å². The minimum absolute atomic E-state index is 0.0416. The minimum atomic E-state index is -4.09. The molecule has 0 spiro atoms. The molecule has 0 atom stereocenters. The first kappa shape index (κ1) is 30.0. The fourth-order valence-electron chi connectivity index (χ4n) is 4.67. The van der Waals surface area contributed by atoms with E-state index in [4.69, 9.17) is 4.74 Å². The fourth-order valence-corrected chi connectivity index (χ4v) is 6.10. The molecule has 16 nitrogen and oxygen atoms in total. The van der Waals surface area contributed by atoms with Gasteiger partial charge in [0.05, 0.1) is 30.7 Å². The molecule has 3 heterocycles. The van der Waals surface area contributed by atoms with Gasteiger partial charge in [0.2, 0.25) is 15.9 Å². The van der Waals surface area contributed by atoms with Gasteiger partial charge in [0.1, 0.15) is 25.2 Å². The third kappa shape index (κ3) is 6.31. The summed E-state index contributed by atoms with van der Waals surface area (Å²) in [6.07, 6.45) is 2.42. The number of fused-ring (bicyclic) bond motifs is 1. The Morgan fingerprint density at radius 2 is 1.82 bits per heavy atom. The molecule has 3 amide bonds. The number of carbonyl (C=O) groups is 3. The number of rotatable bonds is 10. The number of aromatic nitrogens is 4. The van der Waals surface area contributed by atoms with Crippen molar-refractivity contribution in [1.82, 2.24) is 28.7 Å². The zero-order valence-electron chi connectivity index (χ0n) is 23.3. The van der Waals surface area contributed by atoms with E-state index in [0.717, 1.165) is 0 Å². The summed E-state index contributed by atoms with van der Waals surface area (Å²) in [5.74, 6) is -1.47. The molecule has 0 bridgehead atoms. The Bertz CT molecular complexity index is 1860. The molecule has 2 aromatic heterocycles. The van der Waals surface area contributed by atoms with Crippen LogP contribution in [0.1, 0.15) is 15.9 Å². The predicted octanol–water partition coefficient (Wildman–Crippen LogP) is 1.24. The van der Waals surface area contributed by atoms with E-state index in [9.17, 15) is 32.9 Å². The zero-order valence-corrected chi connectivity index (χ0v) is 24.1. The molecule has 228 valence electrons. The molecule has 5 rings (SSSR count). The molecule has 1 aliphatic rings. The molecule has 1 saturated heterocycles. The Morgan fingerprint density at radius 3 is 2.52 bits per heavy atom. The van der Waals surface area contributed by atoms with E-state index in [1.54, 1.807) is 30.3 Å². The molecule has 0 unspecified atom stereocenters. The van der Waals surface area contributed by atoms with Crippen LogP contribution in [0.4, 0.5) is 11.5 Å². The van der Waals surface area contributed by atoms with E-state index in [1.807, 2.05) is 0 Å². The van der Waals surface area contributed by atoms with Gasteiger partial charge in [-0.05, 0) is 30.7 Å². The summed E-state index contributed by atoms with van der Waals surface area (Å²) in [5, 5.41) is 13.9. The first-order valence-corrected chi connectivity index (χ1v) is 14.8. The number of methoxy groups -OCH3 is 1. The van der Waals surface area contributed by atoms with Crippen LogP contribution >= 0.6 is 0 Å². The van der Waals surface area contributed by atoms with Gasteiger partial charge in [-0.2, -0.15) is 0 Å². The molecular formula is C27H26N8O8S. The highest BCUT2D eigenvalue weighted by Crippen LogP contribution is 2.22. The summed E-state index contributed by atoms with van der Waals surface area (Å²) in [4.78, 5) is 63.0. The topological polar surface area (TPSA) is 200 Å². The van der Waals surface area contributed by atoms with Crippen LogP contribution in [0, 0.1) is 10.1 Å². The van der Waals surface area contributed by atoms with Crippen LogP contribution < -0.4 is 10.1 Å². The smallest absolute Gasteiger partial charge is 0.272 e. The maximum atomic E-state index is 13.1. The van der Waals surface area contributed by atoms with Crippen LogP contribution in [-0.4, -0.2) is 92.3 Å². The Kier molecular flexibility index (Phi) is 8.48. The first-order valence-electron chi connectivity index (χ1n) is 13.2. The second-order valence-electron chi connectivity index (χ2n) is 9.68. The number of anilines is 1. The monoisotopic (exact) mass is 622 g/mol. The zero-order chi connectivity index (χ0) is 31.4. The van der Waals surface area contributed by atoms with Crippen LogP contribution in [0.15, 0.2) is 61.2 Å². The summed E-state index contributed by atoms with van der Waals surface area (Å²) >= 11 is 0. The van der Waals surface area contributed by atoms with Crippen molar-refractivity contribution in [1.29, 1.82) is 0 Å². The van der Waals surface area contributed by atoms with E-state index in [2.05, 4.69) is 20.3 Å². The number of imidazole rings is 1. The first-order chi connectivity index (χ1) is 21.1. The van der Waals surface area contributed by atoms with Crippen LogP contribution in [0.2, 0.25) is 0 Å². The fraction of sp³-hybridized carbons (Fsp3) is 0.259. The molecule has 17 heteroatoms. The molecule has 2 aromatic carbocycles. The molecule has 4 aromatic rings. The molecule has 44 heavy (non-hydrogen) atoms. The molecule has 1 fully saturated rings. The third-order valence-corrected chi connectivity index (χ3v) is 8.75. The highest BCUT2D eigenvalue weighted by atomic mass is 32.2. The van der Waals surface area contributed by atoms with Gasteiger partial charge in [0.15, 0.2) is 17.0 Å². The van der Waals surface area contributed by atoms with Gasteiger partial charge in [0.25, 0.3) is 17.5 Å². The molecule has 1 aliphatic heterocycles. The number of hydrogen-bond acceptors (Lipinski definition) is 11. The third-order valence-electron chi connectivity index (χ3n) is 6.97. The van der Waals surface area contributed by atoms with E-state index < -0.39 is 45.0 Å². The maximum absolute atomic E-state index is 13.1. The molecule has 0 radical (unpaired) electrons. The number of piperazine rings is 1. The lowest BCUT2D eigenvalue weighted by Crippen LogP contribution is -2.55. The van der Waals surface area contributed by atoms with Crippen LogP contribution in [0.25, 0.3) is 11.2 Å². The van der Waals surface area contributed by atoms with E-state index in [-0.39, 0.29) is 54.3 Å².